The van der Waals surface area contributed by atoms with Crippen molar-refractivity contribution in [2.45, 2.75) is 6.18 Å². The van der Waals surface area contributed by atoms with Gasteiger partial charge in [0.25, 0.3) is 5.91 Å². The van der Waals surface area contributed by atoms with Crippen LogP contribution < -0.4 is 10.1 Å². The predicted molar refractivity (Wildman–Crippen MR) is 120 cm³/mol. The van der Waals surface area contributed by atoms with E-state index in [0.717, 1.165) is 8.14 Å². The number of anilines is 1. The number of rotatable bonds is 4. The molecular formula is C22H15F3IN3O2. The van der Waals surface area contributed by atoms with Crippen LogP contribution in [-0.2, 0) is 6.18 Å². The van der Waals surface area contributed by atoms with Crippen molar-refractivity contribution in [3.05, 3.63) is 81.7 Å². The molecule has 0 spiro atoms. The number of aromatic nitrogens is 2. The van der Waals surface area contributed by atoms with E-state index in [1.165, 1.54) is 31.4 Å². The van der Waals surface area contributed by atoms with Crippen molar-refractivity contribution in [3.63, 3.8) is 0 Å². The van der Waals surface area contributed by atoms with Gasteiger partial charge in [0.2, 0.25) is 5.82 Å². The lowest BCUT2D eigenvalue weighted by molar-refractivity contribution is -0.145. The molecule has 3 aromatic carbocycles. The van der Waals surface area contributed by atoms with Crippen LogP contribution in [0.4, 0.5) is 18.9 Å². The van der Waals surface area contributed by atoms with Gasteiger partial charge in [0.05, 0.1) is 18.1 Å². The van der Waals surface area contributed by atoms with E-state index < -0.39 is 12.0 Å². The molecule has 1 N–H and O–H groups in total. The zero-order chi connectivity index (χ0) is 22.2. The molecule has 1 heterocycles. The highest BCUT2D eigenvalue weighted by Gasteiger charge is 2.38. The fourth-order valence-corrected chi connectivity index (χ4v) is 3.50. The van der Waals surface area contributed by atoms with Gasteiger partial charge in [-0.15, -0.1) is 0 Å². The molecule has 4 aromatic rings. The summed E-state index contributed by atoms with van der Waals surface area (Å²) in [5, 5.41) is 2.74. The van der Waals surface area contributed by atoms with Gasteiger partial charge in [-0.05, 0) is 83.3 Å². The Morgan fingerprint density at radius 2 is 1.71 bits per heavy atom. The maximum Gasteiger partial charge on any atom is 0.450 e. The molecule has 158 valence electrons. The van der Waals surface area contributed by atoms with Crippen molar-refractivity contribution < 1.29 is 22.7 Å². The van der Waals surface area contributed by atoms with Gasteiger partial charge in [0.15, 0.2) is 0 Å². The molecule has 5 nitrogen and oxygen atoms in total. The molecular weight excluding hydrogens is 522 g/mol. The molecule has 0 fully saturated rings. The van der Waals surface area contributed by atoms with Gasteiger partial charge >= 0.3 is 6.18 Å². The number of nitrogens with one attached hydrogen (secondary N) is 1. The topological polar surface area (TPSA) is 56.1 Å². The van der Waals surface area contributed by atoms with E-state index in [1.54, 1.807) is 30.3 Å². The Kier molecular flexibility index (Phi) is 5.61. The van der Waals surface area contributed by atoms with Crippen LogP contribution in [0.15, 0.2) is 66.7 Å². The molecule has 0 saturated heterocycles. The molecule has 1 amide bonds. The van der Waals surface area contributed by atoms with Crippen molar-refractivity contribution in [1.82, 2.24) is 9.55 Å². The van der Waals surface area contributed by atoms with E-state index in [1.807, 2.05) is 12.1 Å². The number of imidazole rings is 1. The third-order valence-electron chi connectivity index (χ3n) is 4.60. The highest BCUT2D eigenvalue weighted by molar-refractivity contribution is 14.1. The summed E-state index contributed by atoms with van der Waals surface area (Å²) in [6, 6.07) is 17.7. The summed E-state index contributed by atoms with van der Waals surface area (Å²) in [6.45, 7) is 0. The summed E-state index contributed by atoms with van der Waals surface area (Å²) in [7, 11) is 1.44. The second-order valence-electron chi connectivity index (χ2n) is 6.63. The number of methoxy groups -OCH3 is 1. The molecule has 9 heteroatoms. The number of carbonyl (C=O) groups excluding carboxylic acids is 1. The molecule has 1 aromatic heterocycles. The Labute approximate surface area is 189 Å². The number of benzene rings is 3. The highest BCUT2D eigenvalue weighted by Crippen LogP contribution is 2.35. The van der Waals surface area contributed by atoms with Crippen LogP contribution in [0.25, 0.3) is 16.7 Å². The SMILES string of the molecule is COc1ccc2c(c1)nc(C(F)(F)F)n2-c1ccc(NC(=O)c2ccc(I)cc2)cc1. The van der Waals surface area contributed by atoms with Gasteiger partial charge < -0.3 is 10.1 Å². The normalized spacial score (nSPS) is 11.5. The zero-order valence-electron chi connectivity index (χ0n) is 16.1. The zero-order valence-corrected chi connectivity index (χ0v) is 18.2. The Balaban J connectivity index is 1.68. The van der Waals surface area contributed by atoms with Crippen molar-refractivity contribution in [1.29, 1.82) is 0 Å². The number of amides is 1. The molecule has 31 heavy (non-hydrogen) atoms. The molecule has 0 saturated carbocycles. The van der Waals surface area contributed by atoms with E-state index in [0.29, 0.717) is 22.5 Å². The lowest BCUT2D eigenvalue weighted by atomic mass is 10.2. The Morgan fingerprint density at radius 3 is 2.32 bits per heavy atom. The summed E-state index contributed by atoms with van der Waals surface area (Å²) in [4.78, 5) is 16.1. The standard InChI is InChI=1S/C22H15F3IN3O2/c1-31-17-10-11-19-18(12-17)28-21(22(23,24)25)29(19)16-8-6-15(7-9-16)27-20(30)13-2-4-14(26)5-3-13/h2-12H,1H3,(H,27,30). The first-order valence-corrected chi connectivity index (χ1v) is 10.1. The second-order valence-corrected chi connectivity index (χ2v) is 7.88. The minimum absolute atomic E-state index is 0.169. The fourth-order valence-electron chi connectivity index (χ4n) is 3.14. The lowest BCUT2D eigenvalue weighted by Crippen LogP contribution is -2.14. The predicted octanol–water partition coefficient (Wildman–Crippen LogP) is 5.91. The summed E-state index contributed by atoms with van der Waals surface area (Å²) in [6.07, 6.45) is -4.65. The van der Waals surface area contributed by atoms with E-state index >= 15 is 0 Å². The quantitative estimate of drug-likeness (QED) is 0.330. The third kappa shape index (κ3) is 4.36. The largest absolute Gasteiger partial charge is 0.497 e. The van der Waals surface area contributed by atoms with Crippen molar-refractivity contribution in [2.24, 2.45) is 0 Å². The Morgan fingerprint density at radius 1 is 1.03 bits per heavy atom. The summed E-state index contributed by atoms with van der Waals surface area (Å²) in [5.74, 6) is -0.925. The van der Waals surface area contributed by atoms with Crippen LogP contribution >= 0.6 is 22.6 Å². The Hall–Kier alpha value is -3.08. The molecule has 0 aliphatic carbocycles. The first kappa shape index (κ1) is 21.2. The van der Waals surface area contributed by atoms with Gasteiger partial charge in [-0.1, -0.05) is 0 Å². The monoisotopic (exact) mass is 537 g/mol. The number of fused-ring (bicyclic) bond motifs is 1. The first-order valence-electron chi connectivity index (χ1n) is 9.07. The first-order chi connectivity index (χ1) is 14.8. The molecule has 4 rings (SSSR count). The van der Waals surface area contributed by atoms with Crippen LogP contribution in [0.3, 0.4) is 0 Å². The number of alkyl halides is 3. The van der Waals surface area contributed by atoms with Gasteiger partial charge in [-0.25, -0.2) is 4.98 Å². The van der Waals surface area contributed by atoms with Crippen molar-refractivity contribution in [3.8, 4) is 11.4 Å². The average molecular weight is 537 g/mol. The van der Waals surface area contributed by atoms with Gasteiger partial charge in [0, 0.05) is 26.6 Å². The summed E-state index contributed by atoms with van der Waals surface area (Å²) in [5.41, 5.74) is 1.68. The summed E-state index contributed by atoms with van der Waals surface area (Å²) < 4.78 is 48.1. The van der Waals surface area contributed by atoms with Crippen LogP contribution in [0.1, 0.15) is 16.2 Å². The van der Waals surface area contributed by atoms with Crippen molar-refractivity contribution in [2.75, 3.05) is 12.4 Å². The van der Waals surface area contributed by atoms with E-state index in [4.69, 9.17) is 4.74 Å². The second kappa shape index (κ2) is 8.22. The van der Waals surface area contributed by atoms with Crippen LogP contribution in [0.2, 0.25) is 0 Å². The van der Waals surface area contributed by atoms with Crippen LogP contribution in [0.5, 0.6) is 5.75 Å². The van der Waals surface area contributed by atoms with Gasteiger partial charge in [-0.2, -0.15) is 13.2 Å². The minimum atomic E-state index is -4.65. The van der Waals surface area contributed by atoms with Gasteiger partial charge in [0.1, 0.15) is 5.75 Å². The molecule has 0 unspecified atom stereocenters. The number of ether oxygens (including phenoxy) is 1. The molecule has 0 aliphatic rings. The minimum Gasteiger partial charge on any atom is -0.497 e. The highest BCUT2D eigenvalue weighted by atomic mass is 127. The average Bonchev–Trinajstić information content (AvgIpc) is 3.14. The fraction of sp³-hybridized carbons (Fsp3) is 0.0909. The van der Waals surface area contributed by atoms with Crippen molar-refractivity contribution >= 4 is 45.2 Å². The Bertz CT molecular complexity index is 1250. The summed E-state index contributed by atoms with van der Waals surface area (Å²) >= 11 is 2.14. The lowest BCUT2D eigenvalue weighted by Gasteiger charge is -2.12. The van der Waals surface area contributed by atoms with Crippen LogP contribution in [0, 0.1) is 3.57 Å². The third-order valence-corrected chi connectivity index (χ3v) is 5.32. The molecule has 0 bridgehead atoms. The number of hydrogen-bond donors (Lipinski definition) is 1. The number of nitrogens with zero attached hydrogens (tertiary/aromatic N) is 2. The number of hydrogen-bond acceptors (Lipinski definition) is 3. The smallest absolute Gasteiger partial charge is 0.450 e. The number of carbonyl (C=O) groups is 1. The van der Waals surface area contributed by atoms with E-state index in [-0.39, 0.29) is 17.1 Å². The van der Waals surface area contributed by atoms with Crippen LogP contribution in [-0.4, -0.2) is 22.6 Å². The van der Waals surface area contributed by atoms with E-state index in [2.05, 4.69) is 32.9 Å². The molecule has 0 aliphatic heterocycles. The molecule has 0 atom stereocenters. The van der Waals surface area contributed by atoms with E-state index in [9.17, 15) is 18.0 Å². The maximum atomic E-state index is 13.6. The maximum absolute atomic E-state index is 13.6. The van der Waals surface area contributed by atoms with Gasteiger partial charge in [-0.3, -0.25) is 9.36 Å². The number of halogens is 4. The molecule has 0 radical (unpaired) electrons.